The highest BCUT2D eigenvalue weighted by Gasteiger charge is 2.08. The Labute approximate surface area is 120 Å². The Balaban J connectivity index is 1.96. The van der Waals surface area contributed by atoms with Crippen molar-refractivity contribution in [2.75, 3.05) is 5.32 Å². The highest BCUT2D eigenvalue weighted by Crippen LogP contribution is 2.22. The van der Waals surface area contributed by atoms with Crippen LogP contribution in [0.1, 0.15) is 30.3 Å². The normalized spacial score (nSPS) is 11.2. The average Bonchev–Trinajstić information content (AvgIpc) is 2.87. The van der Waals surface area contributed by atoms with E-state index < -0.39 is 0 Å². The van der Waals surface area contributed by atoms with Gasteiger partial charge in [0.15, 0.2) is 0 Å². The van der Waals surface area contributed by atoms with Gasteiger partial charge in [-0.1, -0.05) is 37.3 Å². The number of carbonyl (C=O) groups excluding carboxylic acids is 1. The maximum absolute atomic E-state index is 12.7. The summed E-state index contributed by atoms with van der Waals surface area (Å²) in [6.07, 6.45) is 2.99. The van der Waals surface area contributed by atoms with Crippen LogP contribution in [0.2, 0.25) is 0 Å². The molecule has 0 bridgehead atoms. The minimum atomic E-state index is -0.304. The molecule has 2 rings (SSSR count). The first-order valence-corrected chi connectivity index (χ1v) is 6.94. The topological polar surface area (TPSA) is 54.9 Å². The largest absolute Gasteiger partial charge is 0.297 e. The van der Waals surface area contributed by atoms with E-state index in [1.54, 1.807) is 18.2 Å². The molecule has 4 nitrogen and oxygen atoms in total. The molecule has 0 aliphatic rings. The minimum Gasteiger partial charge on any atom is -0.297 e. The lowest BCUT2D eigenvalue weighted by molar-refractivity contribution is -0.111. The highest BCUT2D eigenvalue weighted by molar-refractivity contribution is 7.15. The third-order valence-electron chi connectivity index (χ3n) is 2.46. The van der Waals surface area contributed by atoms with E-state index in [9.17, 15) is 9.18 Å². The summed E-state index contributed by atoms with van der Waals surface area (Å²) in [5, 5.41) is 11.9. The number of nitrogens with one attached hydrogen (secondary N) is 1. The van der Waals surface area contributed by atoms with Crippen molar-refractivity contribution in [1.29, 1.82) is 0 Å². The van der Waals surface area contributed by atoms with Crippen molar-refractivity contribution in [2.24, 2.45) is 0 Å². The summed E-state index contributed by atoms with van der Waals surface area (Å²) in [6, 6.07) is 5.89. The molecule has 1 amide bonds. The number of hydrogen-bond donors (Lipinski definition) is 1. The third kappa shape index (κ3) is 3.96. The van der Waals surface area contributed by atoms with Crippen molar-refractivity contribution in [1.82, 2.24) is 10.2 Å². The Morgan fingerprint density at radius 3 is 2.60 bits per heavy atom. The number of amides is 1. The summed E-state index contributed by atoms with van der Waals surface area (Å²) in [7, 11) is 0. The Morgan fingerprint density at radius 1 is 1.30 bits per heavy atom. The zero-order valence-electron chi connectivity index (χ0n) is 11.1. The van der Waals surface area contributed by atoms with Crippen LogP contribution in [0.3, 0.4) is 0 Å². The van der Waals surface area contributed by atoms with Crippen LogP contribution in [0.4, 0.5) is 9.52 Å². The molecule has 2 aromatic rings. The van der Waals surface area contributed by atoms with E-state index in [4.69, 9.17) is 0 Å². The molecule has 0 fully saturated rings. The summed E-state index contributed by atoms with van der Waals surface area (Å²) >= 11 is 1.36. The molecule has 1 aromatic heterocycles. The van der Waals surface area contributed by atoms with E-state index >= 15 is 0 Å². The molecule has 0 spiro atoms. The molecule has 0 atom stereocenters. The maximum Gasteiger partial charge on any atom is 0.250 e. The van der Waals surface area contributed by atoms with E-state index in [2.05, 4.69) is 15.5 Å². The molecule has 0 unspecified atom stereocenters. The second-order valence-corrected chi connectivity index (χ2v) is 5.48. The van der Waals surface area contributed by atoms with Crippen LogP contribution >= 0.6 is 11.3 Å². The van der Waals surface area contributed by atoms with Crippen molar-refractivity contribution < 1.29 is 9.18 Å². The molecule has 0 radical (unpaired) electrons. The number of rotatable bonds is 4. The number of aromatic nitrogens is 2. The molecule has 1 heterocycles. The molecular formula is C14H14FN3OS. The van der Waals surface area contributed by atoms with E-state index in [0.29, 0.717) is 5.13 Å². The van der Waals surface area contributed by atoms with Gasteiger partial charge in [0.1, 0.15) is 10.8 Å². The Hall–Kier alpha value is -2.08. The number of benzene rings is 1. The fourth-order valence-corrected chi connectivity index (χ4v) is 2.16. The predicted molar refractivity (Wildman–Crippen MR) is 78.1 cm³/mol. The first-order valence-electron chi connectivity index (χ1n) is 6.12. The van der Waals surface area contributed by atoms with Crippen molar-refractivity contribution in [3.63, 3.8) is 0 Å². The van der Waals surface area contributed by atoms with Gasteiger partial charge >= 0.3 is 0 Å². The zero-order chi connectivity index (χ0) is 14.5. The summed E-state index contributed by atoms with van der Waals surface area (Å²) in [5.41, 5.74) is 0.752. The molecule has 0 aliphatic carbocycles. The van der Waals surface area contributed by atoms with E-state index in [0.717, 1.165) is 10.6 Å². The Bertz CT molecular complexity index is 620. The van der Waals surface area contributed by atoms with E-state index in [-0.39, 0.29) is 17.6 Å². The second-order valence-electron chi connectivity index (χ2n) is 4.47. The molecule has 20 heavy (non-hydrogen) atoms. The molecule has 1 aromatic carbocycles. The minimum absolute atomic E-state index is 0.285. The van der Waals surface area contributed by atoms with Gasteiger partial charge in [0.2, 0.25) is 11.0 Å². The third-order valence-corrected chi connectivity index (χ3v) is 3.60. The maximum atomic E-state index is 12.7. The van der Waals surface area contributed by atoms with Crippen LogP contribution < -0.4 is 5.32 Å². The number of nitrogens with zero attached hydrogens (tertiary/aromatic N) is 2. The lowest BCUT2D eigenvalue weighted by Gasteiger charge is -1.96. The van der Waals surface area contributed by atoms with Crippen LogP contribution in [0.25, 0.3) is 6.08 Å². The van der Waals surface area contributed by atoms with Crippen molar-refractivity contribution in [3.05, 3.63) is 46.7 Å². The van der Waals surface area contributed by atoms with Crippen LogP contribution in [0.5, 0.6) is 0 Å². The molecular weight excluding hydrogens is 277 g/mol. The standard InChI is InChI=1S/C14H14FN3OS/c1-9(2)13-17-18-14(20-13)16-12(19)8-5-10-3-6-11(15)7-4-10/h3-9H,1-2H3,(H,16,18,19). The van der Waals surface area contributed by atoms with Gasteiger partial charge in [-0.25, -0.2) is 4.39 Å². The van der Waals surface area contributed by atoms with Gasteiger partial charge in [0.05, 0.1) is 0 Å². The number of hydrogen-bond acceptors (Lipinski definition) is 4. The van der Waals surface area contributed by atoms with Gasteiger partial charge in [0, 0.05) is 12.0 Å². The lowest BCUT2D eigenvalue weighted by Crippen LogP contribution is -2.07. The summed E-state index contributed by atoms with van der Waals surface area (Å²) in [6.45, 7) is 4.03. The van der Waals surface area contributed by atoms with Crippen molar-refractivity contribution in [2.45, 2.75) is 19.8 Å². The molecule has 104 valence electrons. The summed E-state index contributed by atoms with van der Waals surface area (Å²) in [5.74, 6) is -0.310. The van der Waals surface area contributed by atoms with Crippen LogP contribution in [-0.2, 0) is 4.79 Å². The quantitative estimate of drug-likeness (QED) is 0.878. The van der Waals surface area contributed by atoms with Crippen molar-refractivity contribution >= 4 is 28.5 Å². The van der Waals surface area contributed by atoms with Gasteiger partial charge in [-0.05, 0) is 23.8 Å². The average molecular weight is 291 g/mol. The van der Waals surface area contributed by atoms with Crippen LogP contribution in [0, 0.1) is 5.82 Å². The summed E-state index contributed by atoms with van der Waals surface area (Å²) < 4.78 is 12.7. The summed E-state index contributed by atoms with van der Waals surface area (Å²) in [4.78, 5) is 11.7. The Kier molecular flexibility index (Phi) is 4.57. The lowest BCUT2D eigenvalue weighted by atomic mass is 10.2. The first kappa shape index (κ1) is 14.3. The van der Waals surface area contributed by atoms with Gasteiger partial charge < -0.3 is 0 Å². The number of carbonyl (C=O) groups is 1. The smallest absolute Gasteiger partial charge is 0.250 e. The van der Waals surface area contributed by atoms with Gasteiger partial charge in [-0.2, -0.15) is 0 Å². The first-order chi connectivity index (χ1) is 9.54. The number of halogens is 1. The SMILES string of the molecule is CC(C)c1nnc(NC(=O)C=Cc2ccc(F)cc2)s1. The molecule has 1 N–H and O–H groups in total. The van der Waals surface area contributed by atoms with E-state index in [1.807, 2.05) is 13.8 Å². The molecule has 0 saturated carbocycles. The zero-order valence-corrected chi connectivity index (χ0v) is 11.9. The molecule has 6 heteroatoms. The molecule has 0 aliphatic heterocycles. The van der Waals surface area contributed by atoms with Gasteiger partial charge in [-0.3, -0.25) is 10.1 Å². The van der Waals surface area contributed by atoms with Gasteiger partial charge in [0.25, 0.3) is 0 Å². The van der Waals surface area contributed by atoms with Gasteiger partial charge in [-0.15, -0.1) is 10.2 Å². The predicted octanol–water partition coefficient (Wildman–Crippen LogP) is 3.45. The highest BCUT2D eigenvalue weighted by atomic mass is 32.1. The van der Waals surface area contributed by atoms with E-state index in [1.165, 1.54) is 29.5 Å². The monoisotopic (exact) mass is 291 g/mol. The van der Waals surface area contributed by atoms with Crippen molar-refractivity contribution in [3.8, 4) is 0 Å². The fraction of sp³-hybridized carbons (Fsp3) is 0.214. The van der Waals surface area contributed by atoms with Crippen LogP contribution in [0.15, 0.2) is 30.3 Å². The Morgan fingerprint density at radius 2 is 2.00 bits per heavy atom. The number of anilines is 1. The van der Waals surface area contributed by atoms with Crippen LogP contribution in [-0.4, -0.2) is 16.1 Å². The fourth-order valence-electron chi connectivity index (χ4n) is 1.41. The second kappa shape index (κ2) is 6.38. The molecule has 0 saturated heterocycles.